The number of allylic oxidation sites excluding steroid dienone is 1. The summed E-state index contributed by atoms with van der Waals surface area (Å²) in [6, 6.07) is 10.3. The first-order chi connectivity index (χ1) is 7.52. The summed E-state index contributed by atoms with van der Waals surface area (Å²) in [5.41, 5.74) is 2.61. The molecular weight excluding hydrogens is 243 g/mol. The lowest BCUT2D eigenvalue weighted by Gasteiger charge is -2.21. The highest BCUT2D eigenvalue weighted by atomic mass is 32.3. The van der Waals surface area contributed by atoms with Crippen molar-refractivity contribution in [2.45, 2.75) is 20.8 Å². The highest BCUT2D eigenvalue weighted by Gasteiger charge is 2.15. The fourth-order valence-corrected chi connectivity index (χ4v) is 1.07. The maximum atomic E-state index is 10.2. The minimum atomic E-state index is -5.17. The minimum Gasteiger partial charge on any atom is -0.260 e. The van der Waals surface area contributed by atoms with Crippen LogP contribution >= 0.6 is 0 Å². The molecule has 1 aromatic rings. The number of benzene rings is 1. The summed E-state index contributed by atoms with van der Waals surface area (Å²) >= 11 is 0. The molecular formula is C12H17FO3S. The van der Waals surface area contributed by atoms with Crippen molar-refractivity contribution in [2.75, 3.05) is 0 Å². The van der Waals surface area contributed by atoms with Crippen LogP contribution in [0.2, 0.25) is 0 Å². The van der Waals surface area contributed by atoms with Crippen LogP contribution in [0, 0.1) is 5.41 Å². The molecule has 0 spiro atoms. The average molecular weight is 260 g/mol. The highest BCUT2D eigenvalue weighted by Crippen LogP contribution is 2.31. The van der Waals surface area contributed by atoms with Gasteiger partial charge in [-0.25, -0.2) is 0 Å². The summed E-state index contributed by atoms with van der Waals surface area (Å²) in [5, 5.41) is 0. The third kappa shape index (κ3) is 8.59. The van der Waals surface area contributed by atoms with Crippen LogP contribution in [0.3, 0.4) is 0 Å². The number of halogens is 1. The van der Waals surface area contributed by atoms with Crippen molar-refractivity contribution in [3.05, 3.63) is 42.5 Å². The van der Waals surface area contributed by atoms with Crippen LogP contribution in [0.1, 0.15) is 26.3 Å². The van der Waals surface area contributed by atoms with E-state index in [0.29, 0.717) is 0 Å². The zero-order chi connectivity index (χ0) is 13.7. The Kier molecular flexibility index (Phi) is 5.51. The molecule has 0 heterocycles. The maximum absolute atomic E-state index is 10.2. The van der Waals surface area contributed by atoms with E-state index in [1.54, 1.807) is 0 Å². The molecule has 1 N–H and O–H groups in total. The van der Waals surface area contributed by atoms with Gasteiger partial charge in [-0.15, -0.1) is 0 Å². The first-order valence-corrected chi connectivity index (χ1v) is 6.27. The van der Waals surface area contributed by atoms with E-state index in [4.69, 9.17) is 13.0 Å². The second-order valence-electron chi connectivity index (χ2n) is 4.51. The first kappa shape index (κ1) is 15.8. The molecule has 0 aliphatic rings. The van der Waals surface area contributed by atoms with E-state index in [-0.39, 0.29) is 5.41 Å². The maximum Gasteiger partial charge on any atom is 0.435 e. The normalized spacial score (nSPS) is 11.4. The van der Waals surface area contributed by atoms with Crippen LogP contribution in [-0.4, -0.2) is 13.0 Å². The number of rotatable bonds is 1. The largest absolute Gasteiger partial charge is 0.435 e. The van der Waals surface area contributed by atoms with E-state index in [2.05, 4.69) is 39.5 Å². The van der Waals surface area contributed by atoms with Crippen LogP contribution in [0.15, 0.2) is 36.9 Å². The number of hydrogen-bond acceptors (Lipinski definition) is 2. The van der Waals surface area contributed by atoms with Crippen molar-refractivity contribution < 1.29 is 16.9 Å². The monoisotopic (exact) mass is 260 g/mol. The molecule has 0 amide bonds. The van der Waals surface area contributed by atoms with Crippen LogP contribution in [0.5, 0.6) is 0 Å². The summed E-state index contributed by atoms with van der Waals surface area (Å²) in [4.78, 5) is 0. The Morgan fingerprint density at radius 2 is 1.59 bits per heavy atom. The van der Waals surface area contributed by atoms with Gasteiger partial charge in [-0.05, 0) is 16.6 Å². The summed E-state index contributed by atoms with van der Waals surface area (Å²) < 4.78 is 34.1. The summed E-state index contributed by atoms with van der Waals surface area (Å²) in [7, 11) is -5.17. The average Bonchev–Trinajstić information content (AvgIpc) is 2.14. The van der Waals surface area contributed by atoms with Crippen LogP contribution < -0.4 is 0 Å². The lowest BCUT2D eigenvalue weighted by molar-refractivity contribution is 0.435. The Hall–Kier alpha value is -1.20. The van der Waals surface area contributed by atoms with Gasteiger partial charge in [-0.3, -0.25) is 4.55 Å². The topological polar surface area (TPSA) is 54.4 Å². The Morgan fingerprint density at radius 3 is 1.88 bits per heavy atom. The van der Waals surface area contributed by atoms with Crippen LogP contribution in [0.4, 0.5) is 3.89 Å². The van der Waals surface area contributed by atoms with Gasteiger partial charge in [-0.1, -0.05) is 61.6 Å². The van der Waals surface area contributed by atoms with E-state index < -0.39 is 10.5 Å². The van der Waals surface area contributed by atoms with Crippen molar-refractivity contribution >= 4 is 16.1 Å². The molecule has 17 heavy (non-hydrogen) atoms. The zero-order valence-corrected chi connectivity index (χ0v) is 11.0. The predicted molar refractivity (Wildman–Crippen MR) is 67.6 cm³/mol. The van der Waals surface area contributed by atoms with Gasteiger partial charge in [0, 0.05) is 0 Å². The Labute approximate surface area is 102 Å². The SMILES string of the molecule is C=C(c1ccccc1)C(C)(C)C.O=S(=O)(O)F. The molecule has 3 nitrogen and oxygen atoms in total. The van der Waals surface area contributed by atoms with Crippen molar-refractivity contribution in [3.8, 4) is 0 Å². The van der Waals surface area contributed by atoms with Crippen molar-refractivity contribution in [2.24, 2.45) is 5.41 Å². The van der Waals surface area contributed by atoms with Gasteiger partial charge >= 0.3 is 10.5 Å². The summed E-state index contributed by atoms with van der Waals surface area (Å²) in [5.74, 6) is 0. The molecule has 0 aromatic heterocycles. The Bertz CT molecular complexity index is 450. The van der Waals surface area contributed by atoms with Gasteiger partial charge in [0.25, 0.3) is 0 Å². The number of hydrogen-bond donors (Lipinski definition) is 1. The summed E-state index contributed by atoms with van der Waals surface area (Å²) in [6.45, 7) is 10.6. The Morgan fingerprint density at radius 1 is 1.24 bits per heavy atom. The molecule has 0 saturated heterocycles. The first-order valence-electron chi connectivity index (χ1n) is 4.93. The lowest BCUT2D eigenvalue weighted by atomic mass is 9.83. The van der Waals surface area contributed by atoms with Gasteiger partial charge in [0.05, 0.1) is 0 Å². The summed E-state index contributed by atoms with van der Waals surface area (Å²) in [6.07, 6.45) is 0. The molecule has 0 bridgehead atoms. The quantitative estimate of drug-likeness (QED) is 0.621. The zero-order valence-electron chi connectivity index (χ0n) is 10.1. The van der Waals surface area contributed by atoms with Gasteiger partial charge < -0.3 is 0 Å². The molecule has 0 atom stereocenters. The van der Waals surface area contributed by atoms with Gasteiger partial charge in [-0.2, -0.15) is 8.42 Å². The van der Waals surface area contributed by atoms with Gasteiger partial charge in [0.1, 0.15) is 0 Å². The molecule has 96 valence electrons. The molecule has 0 aliphatic carbocycles. The standard InChI is InChI=1S/C12H16.FHO3S/c1-10(12(2,3)4)11-8-6-5-7-9-11;1-5(2,3)4/h5-9H,1H2,2-4H3;(H,2,3,4). The van der Waals surface area contributed by atoms with Gasteiger partial charge in [0.2, 0.25) is 0 Å². The smallest absolute Gasteiger partial charge is 0.260 e. The highest BCUT2D eigenvalue weighted by molar-refractivity contribution is 7.80. The van der Waals surface area contributed by atoms with Crippen LogP contribution in [0.25, 0.3) is 5.57 Å². The third-order valence-corrected chi connectivity index (χ3v) is 2.03. The molecule has 1 rings (SSSR count). The lowest BCUT2D eigenvalue weighted by Crippen LogP contribution is -2.06. The van der Waals surface area contributed by atoms with E-state index in [9.17, 15) is 3.89 Å². The van der Waals surface area contributed by atoms with Crippen molar-refractivity contribution in [1.82, 2.24) is 0 Å². The second kappa shape index (κ2) is 5.93. The fourth-order valence-electron chi connectivity index (χ4n) is 1.07. The van der Waals surface area contributed by atoms with E-state index in [1.165, 1.54) is 11.1 Å². The molecule has 5 heteroatoms. The molecule has 0 fully saturated rings. The predicted octanol–water partition coefficient (Wildman–Crippen LogP) is 3.50. The molecule has 0 aliphatic heterocycles. The molecule has 1 aromatic carbocycles. The van der Waals surface area contributed by atoms with E-state index in [0.717, 1.165) is 0 Å². The second-order valence-corrected chi connectivity index (χ2v) is 5.33. The van der Waals surface area contributed by atoms with E-state index >= 15 is 0 Å². The van der Waals surface area contributed by atoms with Crippen LogP contribution in [-0.2, 0) is 10.5 Å². The third-order valence-electron chi connectivity index (χ3n) is 2.03. The van der Waals surface area contributed by atoms with E-state index in [1.807, 2.05) is 18.2 Å². The van der Waals surface area contributed by atoms with Crippen molar-refractivity contribution in [3.63, 3.8) is 0 Å². The molecule has 0 saturated carbocycles. The fraction of sp³-hybridized carbons (Fsp3) is 0.333. The van der Waals surface area contributed by atoms with Crippen molar-refractivity contribution in [1.29, 1.82) is 0 Å². The van der Waals surface area contributed by atoms with Gasteiger partial charge in [0.15, 0.2) is 0 Å². The minimum absolute atomic E-state index is 0.168. The molecule has 0 unspecified atom stereocenters. The Balaban J connectivity index is 0.000000437. The molecule has 0 radical (unpaired) electrons.